The fourth-order valence-corrected chi connectivity index (χ4v) is 12.6. The summed E-state index contributed by atoms with van der Waals surface area (Å²) >= 11 is 17.0. The van der Waals surface area contributed by atoms with E-state index in [0.29, 0.717) is 38.8 Å². The summed E-state index contributed by atoms with van der Waals surface area (Å²) in [5.41, 5.74) is 4.33. The van der Waals surface area contributed by atoms with Crippen LogP contribution in [0.2, 0.25) is 9.36 Å². The SMILES string of the molecule is NC(=O)C1(C(=O)O)CCC(NS(=O)(=O)c2ccc(N3CCC(CCCC4CCN(S(=O)(=O)c5cc(Br)c(Cl)s5)CC4)CC3)c(Cl)c2)C1. The van der Waals surface area contributed by atoms with Crippen LogP contribution in [0.3, 0.4) is 0 Å². The van der Waals surface area contributed by atoms with Crippen molar-refractivity contribution >= 4 is 88.1 Å². The Morgan fingerprint density at radius 1 is 1.00 bits per heavy atom. The van der Waals surface area contributed by atoms with E-state index in [9.17, 15) is 31.5 Å². The lowest BCUT2D eigenvalue weighted by molar-refractivity contribution is -0.154. The second-order valence-electron chi connectivity index (χ2n) is 12.8. The second kappa shape index (κ2) is 14.8. The van der Waals surface area contributed by atoms with Gasteiger partial charge >= 0.3 is 5.97 Å². The number of nitrogens with one attached hydrogen (secondary N) is 1. The van der Waals surface area contributed by atoms with Gasteiger partial charge in [-0.25, -0.2) is 21.6 Å². The van der Waals surface area contributed by atoms with Gasteiger partial charge in [-0.3, -0.25) is 9.59 Å². The summed E-state index contributed by atoms with van der Waals surface area (Å²) in [5.74, 6) is -1.21. The van der Waals surface area contributed by atoms with Crippen LogP contribution in [0.25, 0.3) is 0 Å². The molecule has 1 aromatic heterocycles. The van der Waals surface area contributed by atoms with E-state index in [1.54, 1.807) is 16.4 Å². The average molecular weight is 815 g/mol. The first-order valence-electron chi connectivity index (χ1n) is 15.7. The predicted octanol–water partition coefficient (Wildman–Crippen LogP) is 5.69. The van der Waals surface area contributed by atoms with Gasteiger partial charge < -0.3 is 15.7 Å². The fourth-order valence-electron chi connectivity index (χ4n) is 7.05. The van der Waals surface area contributed by atoms with Crippen molar-refractivity contribution in [1.29, 1.82) is 0 Å². The number of hydrogen-bond acceptors (Lipinski definition) is 8. The summed E-state index contributed by atoms with van der Waals surface area (Å²) in [6.07, 6.45) is 6.96. The van der Waals surface area contributed by atoms with Crippen LogP contribution in [-0.4, -0.2) is 70.3 Å². The van der Waals surface area contributed by atoms with Crippen LogP contribution in [0.15, 0.2) is 37.8 Å². The molecule has 0 radical (unpaired) electrons. The van der Waals surface area contributed by atoms with Crippen molar-refractivity contribution in [3.63, 3.8) is 0 Å². The van der Waals surface area contributed by atoms with E-state index in [-0.39, 0.29) is 28.4 Å². The van der Waals surface area contributed by atoms with Gasteiger partial charge in [0.15, 0.2) is 0 Å². The molecule has 2 aromatic rings. The van der Waals surface area contributed by atoms with Crippen LogP contribution in [0.4, 0.5) is 5.69 Å². The highest BCUT2D eigenvalue weighted by Crippen LogP contribution is 2.40. The molecule has 5 rings (SSSR count). The number of nitrogens with zero attached hydrogens (tertiary/aromatic N) is 2. The summed E-state index contributed by atoms with van der Waals surface area (Å²) in [6, 6.07) is 5.45. The third-order valence-electron chi connectivity index (χ3n) is 9.92. The fraction of sp³-hybridized carbons (Fsp3) is 0.600. The number of carbonyl (C=O) groups excluding carboxylic acids is 1. The summed E-state index contributed by atoms with van der Waals surface area (Å²) < 4.78 is 57.6. The molecule has 2 unspecified atom stereocenters. The second-order valence-corrected chi connectivity index (χ2v) is 19.6. The third kappa shape index (κ3) is 8.13. The van der Waals surface area contributed by atoms with Gasteiger partial charge in [-0.15, -0.1) is 11.3 Å². The number of thiophene rings is 1. The van der Waals surface area contributed by atoms with Gasteiger partial charge in [-0.2, -0.15) is 4.31 Å². The number of piperidine rings is 2. The Labute approximate surface area is 298 Å². The van der Waals surface area contributed by atoms with E-state index in [1.807, 2.05) is 0 Å². The zero-order valence-electron chi connectivity index (χ0n) is 25.7. The summed E-state index contributed by atoms with van der Waals surface area (Å²) in [5, 5.41) is 9.83. The van der Waals surface area contributed by atoms with Crippen molar-refractivity contribution in [3.8, 4) is 0 Å². The number of amides is 1. The molecule has 1 amide bonds. The topological polar surface area (TPSA) is 167 Å². The average Bonchev–Trinajstić information content (AvgIpc) is 3.61. The van der Waals surface area contributed by atoms with Crippen molar-refractivity contribution in [2.75, 3.05) is 31.1 Å². The molecule has 260 valence electrons. The Morgan fingerprint density at radius 3 is 2.13 bits per heavy atom. The van der Waals surface area contributed by atoms with Crippen molar-refractivity contribution in [1.82, 2.24) is 9.03 Å². The number of hydrogen-bond donors (Lipinski definition) is 3. The molecule has 47 heavy (non-hydrogen) atoms. The van der Waals surface area contributed by atoms with E-state index in [0.717, 1.165) is 75.1 Å². The number of halogens is 3. The largest absolute Gasteiger partial charge is 0.480 e. The first kappa shape index (κ1) is 36.8. The predicted molar refractivity (Wildman–Crippen MR) is 186 cm³/mol. The van der Waals surface area contributed by atoms with Gasteiger partial charge in [0.1, 0.15) is 14.0 Å². The van der Waals surface area contributed by atoms with Crippen molar-refractivity contribution in [2.24, 2.45) is 23.0 Å². The van der Waals surface area contributed by atoms with Crippen LogP contribution in [0.5, 0.6) is 0 Å². The molecule has 1 aliphatic carbocycles. The molecule has 3 fully saturated rings. The number of primary amides is 1. The van der Waals surface area contributed by atoms with Crippen LogP contribution >= 0.6 is 50.5 Å². The molecule has 3 aliphatic rings. The lowest BCUT2D eigenvalue weighted by atomic mass is 9.85. The number of carboxylic acids is 1. The maximum Gasteiger partial charge on any atom is 0.319 e. The van der Waals surface area contributed by atoms with Crippen LogP contribution in [0, 0.1) is 17.3 Å². The molecule has 17 heteroatoms. The van der Waals surface area contributed by atoms with Gasteiger partial charge in [0.05, 0.1) is 15.6 Å². The number of sulfonamides is 2. The van der Waals surface area contributed by atoms with Crippen molar-refractivity contribution < 1.29 is 31.5 Å². The van der Waals surface area contributed by atoms with E-state index < -0.39 is 43.4 Å². The Balaban J connectivity index is 1.05. The zero-order valence-corrected chi connectivity index (χ0v) is 31.2. The number of benzene rings is 1. The molecule has 11 nitrogen and oxygen atoms in total. The first-order valence-corrected chi connectivity index (χ1v) is 21.0. The van der Waals surface area contributed by atoms with Crippen LogP contribution < -0.4 is 15.4 Å². The molecule has 2 saturated heterocycles. The van der Waals surface area contributed by atoms with Crippen LogP contribution in [-0.2, 0) is 29.6 Å². The molecular formula is C30H39BrCl2N4O7S3. The van der Waals surface area contributed by atoms with Crippen molar-refractivity contribution in [3.05, 3.63) is 38.1 Å². The van der Waals surface area contributed by atoms with Crippen LogP contribution in [0.1, 0.15) is 64.2 Å². The molecule has 0 spiro atoms. The highest BCUT2D eigenvalue weighted by atomic mass is 79.9. The zero-order chi connectivity index (χ0) is 34.1. The quantitative estimate of drug-likeness (QED) is 0.230. The monoisotopic (exact) mass is 812 g/mol. The third-order valence-corrected chi connectivity index (χ3v) is 16.6. The molecule has 0 bridgehead atoms. The smallest absolute Gasteiger partial charge is 0.319 e. The molecule has 3 heterocycles. The summed E-state index contributed by atoms with van der Waals surface area (Å²) in [7, 11) is -7.53. The normalized spacial score (nSPS) is 23.7. The van der Waals surface area contributed by atoms with Gasteiger partial charge in [0, 0.05) is 36.7 Å². The Morgan fingerprint density at radius 2 is 1.62 bits per heavy atom. The number of carboxylic acid groups (broad SMARTS) is 1. The number of anilines is 1. The van der Waals surface area contributed by atoms with Gasteiger partial charge in [0.25, 0.3) is 10.0 Å². The van der Waals surface area contributed by atoms with E-state index in [4.69, 9.17) is 28.9 Å². The minimum absolute atomic E-state index is 0.0274. The molecule has 4 N–H and O–H groups in total. The maximum atomic E-state index is 13.1. The lowest BCUT2D eigenvalue weighted by Crippen LogP contribution is -2.44. The minimum atomic E-state index is -4.00. The molecule has 1 saturated carbocycles. The molecule has 1 aromatic carbocycles. The van der Waals surface area contributed by atoms with Gasteiger partial charge in [-0.05, 0) is 97.0 Å². The minimum Gasteiger partial charge on any atom is -0.480 e. The number of rotatable bonds is 12. The van der Waals surface area contributed by atoms with E-state index in [1.165, 1.54) is 12.1 Å². The van der Waals surface area contributed by atoms with Gasteiger partial charge in [-0.1, -0.05) is 42.5 Å². The highest BCUT2D eigenvalue weighted by Gasteiger charge is 2.51. The number of carbonyl (C=O) groups is 2. The van der Waals surface area contributed by atoms with E-state index >= 15 is 0 Å². The van der Waals surface area contributed by atoms with E-state index in [2.05, 4.69) is 25.6 Å². The molecule has 2 atom stereocenters. The van der Waals surface area contributed by atoms with Crippen molar-refractivity contribution in [2.45, 2.75) is 79.4 Å². The Kier molecular flexibility index (Phi) is 11.6. The summed E-state index contributed by atoms with van der Waals surface area (Å²) in [4.78, 5) is 25.6. The number of aliphatic carboxylic acids is 1. The molecule has 2 aliphatic heterocycles. The lowest BCUT2D eigenvalue weighted by Gasteiger charge is -2.35. The first-order chi connectivity index (χ1) is 22.1. The Hall–Kier alpha value is -1.46. The van der Waals surface area contributed by atoms with Gasteiger partial charge in [0.2, 0.25) is 15.9 Å². The standard InChI is InChI=1S/C30H39BrCl2N4O7S3/c31-23-17-26(45-27(23)33)47(43,44)37-14-9-20(10-15-37)3-1-2-19-7-12-36(13-8-19)25-5-4-22(16-24(25)32)46(41,42)35-21-6-11-30(18-21,28(34)38)29(39)40/h4-5,16-17,19-21,35H,1-3,6-15,18H2,(H2,34,38)(H,39,40). The highest BCUT2D eigenvalue weighted by molar-refractivity contribution is 9.10. The summed E-state index contributed by atoms with van der Waals surface area (Å²) in [6.45, 7) is 2.66. The Bertz CT molecular complexity index is 1670. The number of nitrogens with two attached hydrogens (primary N) is 1. The maximum absolute atomic E-state index is 13.1. The molecular weight excluding hydrogens is 775 g/mol.